The van der Waals surface area contributed by atoms with Crippen molar-refractivity contribution in [2.45, 2.75) is 31.3 Å². The fraction of sp³-hybridized carbons (Fsp3) is 0.650. The first-order chi connectivity index (χ1) is 12.5. The third kappa shape index (κ3) is 6.49. The molecule has 1 aliphatic heterocycles. The number of nitrogens with zero attached hydrogens (tertiary/aromatic N) is 4. The molecule has 0 bridgehead atoms. The number of benzene rings is 1. The van der Waals surface area contributed by atoms with E-state index in [0.717, 1.165) is 51.8 Å². The standard InChI is InChI=1S/C20H35N5S/c1-6-21-20(22-15-17(2)25-13-11-23(3)12-14-25)24(4)16-18-7-9-19(26-5)10-8-18/h7-10,17H,6,11-16H2,1-5H3,(H,21,22). The van der Waals surface area contributed by atoms with Crippen LogP contribution in [0.25, 0.3) is 0 Å². The summed E-state index contributed by atoms with van der Waals surface area (Å²) in [6, 6.07) is 9.27. The molecule has 5 nitrogen and oxygen atoms in total. The fourth-order valence-electron chi connectivity index (χ4n) is 3.15. The molecule has 0 radical (unpaired) electrons. The van der Waals surface area contributed by atoms with Gasteiger partial charge in [-0.05, 0) is 44.8 Å². The maximum Gasteiger partial charge on any atom is 0.194 e. The molecule has 1 heterocycles. The van der Waals surface area contributed by atoms with Crippen molar-refractivity contribution >= 4 is 17.7 Å². The van der Waals surface area contributed by atoms with Crippen molar-refractivity contribution in [2.24, 2.45) is 4.99 Å². The number of thioether (sulfide) groups is 1. The number of hydrogen-bond acceptors (Lipinski definition) is 4. The van der Waals surface area contributed by atoms with Crippen molar-refractivity contribution in [1.82, 2.24) is 20.0 Å². The van der Waals surface area contributed by atoms with Crippen LogP contribution in [-0.4, -0.2) is 86.3 Å². The molecular formula is C20H35N5S. The third-order valence-corrected chi connectivity index (χ3v) is 5.69. The number of rotatable bonds is 7. The molecule has 6 heteroatoms. The minimum Gasteiger partial charge on any atom is -0.357 e. The van der Waals surface area contributed by atoms with E-state index in [9.17, 15) is 0 Å². The Morgan fingerprint density at radius 1 is 1.23 bits per heavy atom. The van der Waals surface area contributed by atoms with Gasteiger partial charge in [0.2, 0.25) is 0 Å². The molecule has 2 rings (SSSR count). The van der Waals surface area contributed by atoms with Crippen LogP contribution in [0.5, 0.6) is 0 Å². The Labute approximate surface area is 163 Å². The Morgan fingerprint density at radius 3 is 2.46 bits per heavy atom. The van der Waals surface area contributed by atoms with E-state index in [1.807, 2.05) is 0 Å². The highest BCUT2D eigenvalue weighted by Crippen LogP contribution is 2.15. The SMILES string of the molecule is CCNC(=NCC(C)N1CCN(C)CC1)N(C)Cc1ccc(SC)cc1. The Bertz CT molecular complexity index is 552. The van der Waals surface area contributed by atoms with E-state index >= 15 is 0 Å². The second kappa shape index (κ2) is 10.8. The van der Waals surface area contributed by atoms with Crippen molar-refractivity contribution in [3.05, 3.63) is 29.8 Å². The van der Waals surface area contributed by atoms with Crippen LogP contribution in [0.15, 0.2) is 34.2 Å². The first kappa shape index (κ1) is 21.1. The molecule has 1 N–H and O–H groups in total. The first-order valence-corrected chi connectivity index (χ1v) is 10.8. The summed E-state index contributed by atoms with van der Waals surface area (Å²) < 4.78 is 0. The summed E-state index contributed by atoms with van der Waals surface area (Å²) in [6.07, 6.45) is 2.11. The lowest BCUT2D eigenvalue weighted by Crippen LogP contribution is -2.49. The fourth-order valence-corrected chi connectivity index (χ4v) is 3.55. The summed E-state index contributed by atoms with van der Waals surface area (Å²) in [7, 11) is 4.31. The highest BCUT2D eigenvalue weighted by Gasteiger charge is 2.19. The summed E-state index contributed by atoms with van der Waals surface area (Å²) in [4.78, 5) is 13.4. The van der Waals surface area contributed by atoms with E-state index in [0.29, 0.717) is 6.04 Å². The average Bonchev–Trinajstić information content (AvgIpc) is 2.66. The number of guanidine groups is 1. The molecular weight excluding hydrogens is 342 g/mol. The van der Waals surface area contributed by atoms with Gasteiger partial charge in [-0.2, -0.15) is 0 Å². The van der Waals surface area contributed by atoms with Crippen molar-refractivity contribution < 1.29 is 0 Å². The predicted molar refractivity (Wildman–Crippen MR) is 114 cm³/mol. The molecule has 0 amide bonds. The van der Waals surface area contributed by atoms with Crippen LogP contribution in [0.3, 0.4) is 0 Å². The van der Waals surface area contributed by atoms with Gasteiger partial charge in [0.25, 0.3) is 0 Å². The molecule has 0 aliphatic carbocycles. The van der Waals surface area contributed by atoms with E-state index < -0.39 is 0 Å². The quantitative estimate of drug-likeness (QED) is 0.448. The largest absolute Gasteiger partial charge is 0.357 e. The van der Waals surface area contributed by atoms with Crippen LogP contribution in [0.1, 0.15) is 19.4 Å². The zero-order valence-corrected chi connectivity index (χ0v) is 17.9. The van der Waals surface area contributed by atoms with E-state index in [4.69, 9.17) is 4.99 Å². The van der Waals surface area contributed by atoms with Gasteiger partial charge in [-0.1, -0.05) is 12.1 Å². The van der Waals surface area contributed by atoms with E-state index in [1.54, 1.807) is 11.8 Å². The number of aliphatic imine (C=N–C) groups is 1. The van der Waals surface area contributed by atoms with Gasteiger partial charge in [0.05, 0.1) is 6.54 Å². The highest BCUT2D eigenvalue weighted by molar-refractivity contribution is 7.98. The zero-order valence-electron chi connectivity index (χ0n) is 17.0. The Hall–Kier alpha value is -1.24. The van der Waals surface area contributed by atoms with E-state index in [-0.39, 0.29) is 0 Å². The van der Waals surface area contributed by atoms with Gasteiger partial charge < -0.3 is 15.1 Å². The summed E-state index contributed by atoms with van der Waals surface area (Å²) >= 11 is 1.78. The zero-order chi connectivity index (χ0) is 18.9. The van der Waals surface area contributed by atoms with E-state index in [1.165, 1.54) is 10.5 Å². The topological polar surface area (TPSA) is 34.1 Å². The van der Waals surface area contributed by atoms with Crippen molar-refractivity contribution in [3.63, 3.8) is 0 Å². The minimum atomic E-state index is 0.478. The first-order valence-electron chi connectivity index (χ1n) is 9.58. The summed E-state index contributed by atoms with van der Waals surface area (Å²) in [6.45, 7) is 11.6. The van der Waals surface area contributed by atoms with Gasteiger partial charge in [-0.25, -0.2) is 0 Å². The van der Waals surface area contributed by atoms with Crippen LogP contribution in [0.4, 0.5) is 0 Å². The van der Waals surface area contributed by atoms with Crippen LogP contribution in [-0.2, 0) is 6.54 Å². The van der Waals surface area contributed by atoms with Gasteiger partial charge in [-0.3, -0.25) is 9.89 Å². The van der Waals surface area contributed by atoms with Gasteiger partial charge >= 0.3 is 0 Å². The number of hydrogen-bond donors (Lipinski definition) is 1. The van der Waals surface area contributed by atoms with E-state index in [2.05, 4.69) is 78.5 Å². The van der Waals surface area contributed by atoms with Crippen LogP contribution >= 0.6 is 11.8 Å². The molecule has 0 saturated carbocycles. The molecule has 146 valence electrons. The van der Waals surface area contributed by atoms with Crippen LogP contribution in [0, 0.1) is 0 Å². The maximum atomic E-state index is 4.91. The second-order valence-electron chi connectivity index (χ2n) is 7.09. The van der Waals surface area contributed by atoms with Crippen molar-refractivity contribution in [2.75, 3.05) is 59.6 Å². The molecule has 0 spiro atoms. The molecule has 1 aromatic rings. The van der Waals surface area contributed by atoms with Gasteiger partial charge in [-0.15, -0.1) is 11.8 Å². The molecule has 1 unspecified atom stereocenters. The molecule has 1 aliphatic rings. The molecule has 1 fully saturated rings. The molecule has 0 aromatic heterocycles. The normalized spacial score (nSPS) is 18.0. The third-order valence-electron chi connectivity index (χ3n) is 4.94. The average molecular weight is 378 g/mol. The van der Waals surface area contributed by atoms with Gasteiger partial charge in [0, 0.05) is 57.3 Å². The van der Waals surface area contributed by atoms with Gasteiger partial charge in [0.1, 0.15) is 0 Å². The molecule has 1 saturated heterocycles. The summed E-state index contributed by atoms with van der Waals surface area (Å²) in [5.74, 6) is 0.988. The Morgan fingerprint density at radius 2 is 1.88 bits per heavy atom. The maximum absolute atomic E-state index is 4.91. The van der Waals surface area contributed by atoms with Crippen molar-refractivity contribution in [1.29, 1.82) is 0 Å². The lowest BCUT2D eigenvalue weighted by Gasteiger charge is -2.36. The summed E-state index contributed by atoms with van der Waals surface area (Å²) in [5.41, 5.74) is 1.31. The Kier molecular flexibility index (Phi) is 8.75. The monoisotopic (exact) mass is 377 g/mol. The van der Waals surface area contributed by atoms with Crippen LogP contribution < -0.4 is 5.32 Å². The van der Waals surface area contributed by atoms with Gasteiger partial charge in [0.15, 0.2) is 5.96 Å². The minimum absolute atomic E-state index is 0.478. The smallest absolute Gasteiger partial charge is 0.194 e. The lowest BCUT2D eigenvalue weighted by atomic mass is 10.2. The number of piperazine rings is 1. The van der Waals surface area contributed by atoms with Crippen LogP contribution in [0.2, 0.25) is 0 Å². The highest BCUT2D eigenvalue weighted by atomic mass is 32.2. The lowest BCUT2D eigenvalue weighted by molar-refractivity contribution is 0.122. The molecule has 1 aromatic carbocycles. The Balaban J connectivity index is 1.93. The van der Waals surface area contributed by atoms with Crippen molar-refractivity contribution in [3.8, 4) is 0 Å². The predicted octanol–water partition coefficient (Wildman–Crippen LogP) is 2.44. The number of nitrogens with one attached hydrogen (secondary N) is 1. The number of likely N-dealkylation sites (N-methyl/N-ethyl adjacent to an activating group) is 1. The second-order valence-corrected chi connectivity index (χ2v) is 7.97. The molecule has 1 atom stereocenters. The summed E-state index contributed by atoms with van der Waals surface area (Å²) in [5, 5.41) is 3.44. The molecule has 26 heavy (non-hydrogen) atoms.